The van der Waals surface area contributed by atoms with Gasteiger partial charge in [0.25, 0.3) is 0 Å². The van der Waals surface area contributed by atoms with Gasteiger partial charge in [0.1, 0.15) is 5.78 Å². The molecule has 4 heteroatoms. The van der Waals surface area contributed by atoms with Gasteiger partial charge in [-0.05, 0) is 5.56 Å². The lowest BCUT2D eigenvalue weighted by atomic mass is 9.80. The highest BCUT2D eigenvalue weighted by Crippen LogP contribution is 2.38. The summed E-state index contributed by atoms with van der Waals surface area (Å²) >= 11 is 0. The lowest BCUT2D eigenvalue weighted by molar-refractivity contribution is -0.193. The number of aliphatic hydroxyl groups is 1. The average molecular weight is 288 g/mol. The molecule has 1 N–H and O–H groups in total. The van der Waals surface area contributed by atoms with Gasteiger partial charge in [-0.1, -0.05) is 42.5 Å². The van der Waals surface area contributed by atoms with E-state index in [1.165, 1.54) is 0 Å². The molecule has 1 aromatic carbocycles. The maximum Gasteiger partial charge on any atom is 0.169 e. The quantitative estimate of drug-likeness (QED) is 0.926. The predicted octanol–water partition coefficient (Wildman–Crippen LogP) is 2.17. The first kappa shape index (κ1) is 14.4. The van der Waals surface area contributed by atoms with Crippen LogP contribution in [-0.4, -0.2) is 36.0 Å². The number of benzene rings is 1. The van der Waals surface area contributed by atoms with E-state index in [-0.39, 0.29) is 5.78 Å². The Morgan fingerprint density at radius 3 is 2.67 bits per heavy atom. The number of carbonyl (C=O) groups excluding carboxylic acids is 1. The Balaban J connectivity index is 1.69. The van der Waals surface area contributed by atoms with Crippen molar-refractivity contribution in [2.24, 2.45) is 5.92 Å². The van der Waals surface area contributed by atoms with Crippen molar-refractivity contribution in [2.45, 2.75) is 31.2 Å². The molecule has 1 saturated heterocycles. The molecule has 0 aromatic heterocycles. The Labute approximate surface area is 124 Å². The van der Waals surface area contributed by atoms with Crippen molar-refractivity contribution in [3.05, 3.63) is 42.0 Å². The summed E-state index contributed by atoms with van der Waals surface area (Å²) in [7, 11) is 0. The Bertz CT molecular complexity index is 517. The molecule has 0 radical (unpaired) electrons. The molecule has 21 heavy (non-hydrogen) atoms. The van der Waals surface area contributed by atoms with Crippen molar-refractivity contribution >= 4 is 11.9 Å². The molecule has 2 aliphatic rings. The lowest BCUT2D eigenvalue weighted by Crippen LogP contribution is -2.44. The van der Waals surface area contributed by atoms with Crippen LogP contribution in [-0.2, 0) is 14.3 Å². The number of Topliss-reactive ketones (excluding diaryl/α,β-unsaturated/α-hetero) is 1. The van der Waals surface area contributed by atoms with E-state index in [0.29, 0.717) is 32.5 Å². The molecule has 0 amide bonds. The minimum Gasteiger partial charge on any atom is -0.388 e. The fraction of sp³-hybridized carbons (Fsp3) is 0.471. The van der Waals surface area contributed by atoms with E-state index in [9.17, 15) is 9.90 Å². The standard InChI is InChI=1S/C17H20O4/c18-15(7-6-13-4-2-1-3-5-13)14-12-17(9-8-16(14)19)20-10-11-21-17/h1-7,14-15,18H,8-12H2/b7-6+/t14-,15-/m0/s1. The van der Waals surface area contributed by atoms with Crippen LogP contribution < -0.4 is 0 Å². The second-order valence-electron chi connectivity index (χ2n) is 5.64. The zero-order valence-corrected chi connectivity index (χ0v) is 11.9. The fourth-order valence-corrected chi connectivity index (χ4v) is 3.03. The van der Waals surface area contributed by atoms with E-state index in [1.807, 2.05) is 36.4 Å². The molecule has 1 aromatic rings. The maximum absolute atomic E-state index is 12.1. The number of rotatable bonds is 3. The Hall–Kier alpha value is -1.49. The van der Waals surface area contributed by atoms with Crippen molar-refractivity contribution < 1.29 is 19.4 Å². The van der Waals surface area contributed by atoms with Gasteiger partial charge in [0, 0.05) is 19.3 Å². The highest BCUT2D eigenvalue weighted by Gasteiger charge is 2.46. The molecule has 2 atom stereocenters. The summed E-state index contributed by atoms with van der Waals surface area (Å²) in [6, 6.07) is 9.73. The number of hydrogen-bond acceptors (Lipinski definition) is 4. The first-order valence-electron chi connectivity index (χ1n) is 7.40. The molecule has 1 aliphatic carbocycles. The molecule has 112 valence electrons. The lowest BCUT2D eigenvalue weighted by Gasteiger charge is -2.36. The molecule has 0 unspecified atom stereocenters. The van der Waals surface area contributed by atoms with Gasteiger partial charge in [0.05, 0.1) is 25.2 Å². The van der Waals surface area contributed by atoms with Crippen LogP contribution in [0, 0.1) is 5.92 Å². The van der Waals surface area contributed by atoms with E-state index in [2.05, 4.69) is 0 Å². The Kier molecular flexibility index (Phi) is 4.19. The SMILES string of the molecule is O=C1CCC2(C[C@H]1[C@@H](O)/C=C/c1ccccc1)OCCO2. The van der Waals surface area contributed by atoms with E-state index in [1.54, 1.807) is 6.08 Å². The first-order chi connectivity index (χ1) is 10.2. The molecule has 1 spiro atoms. The normalized spacial score (nSPS) is 26.5. The molecule has 1 saturated carbocycles. The second kappa shape index (κ2) is 6.10. The smallest absolute Gasteiger partial charge is 0.169 e. The Morgan fingerprint density at radius 2 is 1.95 bits per heavy atom. The topological polar surface area (TPSA) is 55.8 Å². The van der Waals surface area contributed by atoms with Crippen LogP contribution in [0.3, 0.4) is 0 Å². The van der Waals surface area contributed by atoms with Crippen LogP contribution >= 0.6 is 0 Å². The average Bonchev–Trinajstić information content (AvgIpc) is 2.97. The van der Waals surface area contributed by atoms with Gasteiger partial charge in [-0.15, -0.1) is 0 Å². The van der Waals surface area contributed by atoms with Gasteiger partial charge in [0.15, 0.2) is 5.79 Å². The summed E-state index contributed by atoms with van der Waals surface area (Å²) in [5, 5.41) is 10.3. The van der Waals surface area contributed by atoms with Crippen LogP contribution in [0.4, 0.5) is 0 Å². The summed E-state index contributed by atoms with van der Waals surface area (Å²) in [5.41, 5.74) is 1.00. The minimum atomic E-state index is -0.803. The van der Waals surface area contributed by atoms with Crippen molar-refractivity contribution in [1.29, 1.82) is 0 Å². The third kappa shape index (κ3) is 3.23. The summed E-state index contributed by atoms with van der Waals surface area (Å²) in [5.74, 6) is -1.01. The summed E-state index contributed by atoms with van der Waals surface area (Å²) < 4.78 is 11.3. The third-order valence-electron chi connectivity index (χ3n) is 4.21. The maximum atomic E-state index is 12.1. The Morgan fingerprint density at radius 1 is 1.24 bits per heavy atom. The van der Waals surface area contributed by atoms with Gasteiger partial charge >= 0.3 is 0 Å². The summed E-state index contributed by atoms with van der Waals surface area (Å²) in [6.07, 6.45) is 4.16. The predicted molar refractivity (Wildman–Crippen MR) is 78.5 cm³/mol. The summed E-state index contributed by atoms with van der Waals surface area (Å²) in [6.45, 7) is 1.13. The molecule has 3 rings (SSSR count). The molecule has 1 heterocycles. The van der Waals surface area contributed by atoms with Gasteiger partial charge in [0.2, 0.25) is 0 Å². The molecular weight excluding hydrogens is 268 g/mol. The minimum absolute atomic E-state index is 0.0879. The van der Waals surface area contributed by atoms with Crippen LogP contribution in [0.5, 0.6) is 0 Å². The molecule has 4 nitrogen and oxygen atoms in total. The number of ether oxygens (including phenoxy) is 2. The highest BCUT2D eigenvalue weighted by molar-refractivity contribution is 5.83. The molecule has 2 fully saturated rings. The van der Waals surface area contributed by atoms with Crippen LogP contribution in [0.15, 0.2) is 36.4 Å². The largest absolute Gasteiger partial charge is 0.388 e. The molecule has 0 bridgehead atoms. The fourth-order valence-electron chi connectivity index (χ4n) is 3.03. The third-order valence-corrected chi connectivity index (χ3v) is 4.21. The van der Waals surface area contributed by atoms with E-state index >= 15 is 0 Å². The van der Waals surface area contributed by atoms with Crippen molar-refractivity contribution in [1.82, 2.24) is 0 Å². The number of carbonyl (C=O) groups is 1. The molecular formula is C17H20O4. The monoisotopic (exact) mass is 288 g/mol. The molecule has 1 aliphatic heterocycles. The van der Waals surface area contributed by atoms with E-state index in [4.69, 9.17) is 9.47 Å². The van der Waals surface area contributed by atoms with Gasteiger partial charge in [-0.2, -0.15) is 0 Å². The number of hydrogen-bond donors (Lipinski definition) is 1. The highest BCUT2D eigenvalue weighted by atomic mass is 16.7. The van der Waals surface area contributed by atoms with Gasteiger partial charge in [-0.25, -0.2) is 0 Å². The van der Waals surface area contributed by atoms with Crippen molar-refractivity contribution in [3.8, 4) is 0 Å². The summed E-state index contributed by atoms with van der Waals surface area (Å²) in [4.78, 5) is 12.1. The van der Waals surface area contributed by atoms with Crippen LogP contribution in [0.25, 0.3) is 6.08 Å². The van der Waals surface area contributed by atoms with Crippen LogP contribution in [0.2, 0.25) is 0 Å². The second-order valence-corrected chi connectivity index (χ2v) is 5.64. The van der Waals surface area contributed by atoms with Gasteiger partial charge < -0.3 is 14.6 Å². The van der Waals surface area contributed by atoms with E-state index in [0.717, 1.165) is 5.56 Å². The van der Waals surface area contributed by atoms with Crippen molar-refractivity contribution in [2.75, 3.05) is 13.2 Å². The first-order valence-corrected chi connectivity index (χ1v) is 7.40. The van der Waals surface area contributed by atoms with Crippen molar-refractivity contribution in [3.63, 3.8) is 0 Å². The van der Waals surface area contributed by atoms with Gasteiger partial charge in [-0.3, -0.25) is 4.79 Å². The zero-order valence-electron chi connectivity index (χ0n) is 11.9. The zero-order chi connectivity index (χ0) is 14.7. The van der Waals surface area contributed by atoms with E-state index < -0.39 is 17.8 Å². The number of ketones is 1. The number of aliphatic hydroxyl groups excluding tert-OH is 1. The van der Waals surface area contributed by atoms with Crippen LogP contribution in [0.1, 0.15) is 24.8 Å².